The van der Waals surface area contributed by atoms with Gasteiger partial charge in [-0.25, -0.2) is 0 Å². The first-order chi connectivity index (χ1) is 8.60. The van der Waals surface area contributed by atoms with Gasteiger partial charge in [-0.05, 0) is 56.4 Å². The molecule has 0 aliphatic heterocycles. The molecule has 98 valence electrons. The van der Waals surface area contributed by atoms with Gasteiger partial charge in [0.2, 0.25) is 0 Å². The first-order valence-electron chi connectivity index (χ1n) is 6.64. The molecule has 3 nitrogen and oxygen atoms in total. The second kappa shape index (κ2) is 5.42. The summed E-state index contributed by atoms with van der Waals surface area (Å²) in [4.78, 5) is 11.9. The number of nitrogens with one attached hydrogen (secondary N) is 1. The van der Waals surface area contributed by atoms with Gasteiger partial charge in [0.25, 0.3) is 5.91 Å². The first kappa shape index (κ1) is 12.9. The average Bonchev–Trinajstić information content (AvgIpc) is 3.14. The van der Waals surface area contributed by atoms with Crippen LogP contribution in [0.4, 0.5) is 0 Å². The quantitative estimate of drug-likeness (QED) is 0.868. The standard InChI is InChI=1S/C15H21NO2/c1-4-14(15(17)16-12-6-7-12)18-13-8-5-10(2)11(3)9-13/h5,8-9,12,14H,4,6-7H2,1-3H3,(H,16,17). The summed E-state index contributed by atoms with van der Waals surface area (Å²) < 4.78 is 5.78. The zero-order chi connectivity index (χ0) is 13.1. The van der Waals surface area contributed by atoms with E-state index in [9.17, 15) is 4.79 Å². The van der Waals surface area contributed by atoms with Crippen LogP contribution in [0.15, 0.2) is 18.2 Å². The highest BCUT2D eigenvalue weighted by Gasteiger charge is 2.27. The molecule has 0 saturated heterocycles. The highest BCUT2D eigenvalue weighted by atomic mass is 16.5. The van der Waals surface area contributed by atoms with Gasteiger partial charge >= 0.3 is 0 Å². The highest BCUT2D eigenvalue weighted by Crippen LogP contribution is 2.21. The Morgan fingerprint density at radius 3 is 2.67 bits per heavy atom. The van der Waals surface area contributed by atoms with Crippen LogP contribution >= 0.6 is 0 Å². The Morgan fingerprint density at radius 1 is 1.39 bits per heavy atom. The zero-order valence-electron chi connectivity index (χ0n) is 11.3. The van der Waals surface area contributed by atoms with Gasteiger partial charge in [-0.1, -0.05) is 13.0 Å². The van der Waals surface area contributed by atoms with E-state index >= 15 is 0 Å². The van der Waals surface area contributed by atoms with Crippen molar-refractivity contribution in [2.45, 2.75) is 52.2 Å². The molecule has 0 aromatic heterocycles. The largest absolute Gasteiger partial charge is 0.481 e. The topological polar surface area (TPSA) is 38.3 Å². The van der Waals surface area contributed by atoms with Gasteiger partial charge in [-0.2, -0.15) is 0 Å². The maximum atomic E-state index is 11.9. The van der Waals surface area contributed by atoms with Gasteiger partial charge in [0.1, 0.15) is 5.75 Å². The van der Waals surface area contributed by atoms with E-state index in [0.717, 1.165) is 18.6 Å². The van der Waals surface area contributed by atoms with Crippen LogP contribution in [0.5, 0.6) is 5.75 Å². The molecule has 1 fully saturated rings. The Bertz CT molecular complexity index is 438. The lowest BCUT2D eigenvalue weighted by atomic mass is 10.1. The van der Waals surface area contributed by atoms with Crippen LogP contribution in [-0.2, 0) is 4.79 Å². The Hall–Kier alpha value is -1.51. The van der Waals surface area contributed by atoms with Crippen molar-refractivity contribution in [3.05, 3.63) is 29.3 Å². The number of aryl methyl sites for hydroxylation is 2. The van der Waals surface area contributed by atoms with Crippen LogP contribution in [-0.4, -0.2) is 18.1 Å². The minimum absolute atomic E-state index is 0.0122. The Morgan fingerprint density at radius 2 is 2.11 bits per heavy atom. The van der Waals surface area contributed by atoms with Crippen molar-refractivity contribution in [1.82, 2.24) is 5.32 Å². The van der Waals surface area contributed by atoms with E-state index in [1.165, 1.54) is 11.1 Å². The first-order valence-corrected chi connectivity index (χ1v) is 6.64. The van der Waals surface area contributed by atoms with Gasteiger partial charge in [-0.15, -0.1) is 0 Å². The van der Waals surface area contributed by atoms with Crippen molar-refractivity contribution in [3.63, 3.8) is 0 Å². The molecular formula is C15H21NO2. The molecule has 1 atom stereocenters. The average molecular weight is 247 g/mol. The molecule has 18 heavy (non-hydrogen) atoms. The van der Waals surface area contributed by atoms with Gasteiger partial charge in [0, 0.05) is 6.04 Å². The SMILES string of the molecule is CCC(Oc1ccc(C)c(C)c1)C(=O)NC1CC1. The molecule has 0 bridgehead atoms. The lowest BCUT2D eigenvalue weighted by Gasteiger charge is -2.17. The predicted molar refractivity (Wildman–Crippen MR) is 71.8 cm³/mol. The molecule has 0 spiro atoms. The van der Waals surface area contributed by atoms with Crippen LogP contribution in [0.2, 0.25) is 0 Å². The molecular weight excluding hydrogens is 226 g/mol. The summed E-state index contributed by atoms with van der Waals surface area (Å²) in [5.74, 6) is 0.786. The van der Waals surface area contributed by atoms with Crippen LogP contribution < -0.4 is 10.1 Å². The Kier molecular flexibility index (Phi) is 3.90. The zero-order valence-corrected chi connectivity index (χ0v) is 11.3. The number of carbonyl (C=O) groups is 1. The third kappa shape index (κ3) is 3.25. The Balaban J connectivity index is 1.99. The van der Waals surface area contributed by atoms with Crippen LogP contribution in [0, 0.1) is 13.8 Å². The summed E-state index contributed by atoms with van der Waals surface area (Å²) >= 11 is 0. The third-order valence-corrected chi connectivity index (χ3v) is 3.34. The van der Waals surface area contributed by atoms with Crippen molar-refractivity contribution < 1.29 is 9.53 Å². The van der Waals surface area contributed by atoms with Crippen LogP contribution in [0.25, 0.3) is 0 Å². The van der Waals surface area contributed by atoms with Crippen molar-refractivity contribution >= 4 is 5.91 Å². The lowest BCUT2D eigenvalue weighted by Crippen LogP contribution is -2.39. The number of amides is 1. The summed E-state index contributed by atoms with van der Waals surface area (Å²) in [6, 6.07) is 6.32. The monoisotopic (exact) mass is 247 g/mol. The summed E-state index contributed by atoms with van der Waals surface area (Å²) in [6.45, 7) is 6.09. The Labute approximate surface area is 109 Å². The number of benzene rings is 1. The van der Waals surface area contributed by atoms with Crippen molar-refractivity contribution in [2.24, 2.45) is 0 Å². The fraction of sp³-hybridized carbons (Fsp3) is 0.533. The molecule has 0 heterocycles. The van der Waals surface area contributed by atoms with E-state index in [1.54, 1.807) is 0 Å². The fourth-order valence-electron chi connectivity index (χ4n) is 1.80. The molecule has 0 radical (unpaired) electrons. The van der Waals surface area contributed by atoms with Gasteiger partial charge in [0.05, 0.1) is 0 Å². The molecule has 1 unspecified atom stereocenters. The van der Waals surface area contributed by atoms with Crippen molar-refractivity contribution in [3.8, 4) is 5.75 Å². The molecule has 1 saturated carbocycles. The van der Waals surface area contributed by atoms with E-state index < -0.39 is 0 Å². The van der Waals surface area contributed by atoms with E-state index in [4.69, 9.17) is 4.74 Å². The van der Waals surface area contributed by atoms with E-state index in [2.05, 4.69) is 12.2 Å². The second-order valence-corrected chi connectivity index (χ2v) is 5.04. The number of ether oxygens (including phenoxy) is 1. The molecule has 1 aliphatic rings. The molecule has 1 aromatic carbocycles. The maximum Gasteiger partial charge on any atom is 0.261 e. The number of carbonyl (C=O) groups excluding carboxylic acids is 1. The molecule has 1 aromatic rings. The smallest absolute Gasteiger partial charge is 0.261 e. The highest BCUT2D eigenvalue weighted by molar-refractivity contribution is 5.81. The fourth-order valence-corrected chi connectivity index (χ4v) is 1.80. The van der Waals surface area contributed by atoms with Crippen LogP contribution in [0.3, 0.4) is 0 Å². The van der Waals surface area contributed by atoms with Crippen molar-refractivity contribution in [2.75, 3.05) is 0 Å². The lowest BCUT2D eigenvalue weighted by molar-refractivity contribution is -0.128. The molecule has 1 aliphatic carbocycles. The third-order valence-electron chi connectivity index (χ3n) is 3.34. The number of hydrogen-bond donors (Lipinski definition) is 1. The van der Waals surface area contributed by atoms with Gasteiger partial charge in [0.15, 0.2) is 6.10 Å². The molecule has 3 heteroatoms. The number of hydrogen-bond acceptors (Lipinski definition) is 2. The van der Waals surface area contributed by atoms with Crippen molar-refractivity contribution in [1.29, 1.82) is 0 Å². The maximum absolute atomic E-state index is 11.9. The normalized spacial score (nSPS) is 16.2. The minimum Gasteiger partial charge on any atom is -0.481 e. The van der Waals surface area contributed by atoms with E-state index in [-0.39, 0.29) is 12.0 Å². The van der Waals surface area contributed by atoms with E-state index in [0.29, 0.717) is 12.5 Å². The molecule has 2 rings (SSSR count). The molecule has 1 N–H and O–H groups in total. The van der Waals surface area contributed by atoms with Gasteiger partial charge < -0.3 is 10.1 Å². The number of rotatable bonds is 5. The summed E-state index contributed by atoms with van der Waals surface area (Å²) in [5, 5.41) is 2.99. The summed E-state index contributed by atoms with van der Waals surface area (Å²) in [7, 11) is 0. The van der Waals surface area contributed by atoms with Crippen LogP contribution in [0.1, 0.15) is 37.3 Å². The second-order valence-electron chi connectivity index (χ2n) is 5.04. The predicted octanol–water partition coefficient (Wildman–Crippen LogP) is 2.74. The molecule has 1 amide bonds. The summed E-state index contributed by atoms with van der Waals surface area (Å²) in [5.41, 5.74) is 2.42. The van der Waals surface area contributed by atoms with E-state index in [1.807, 2.05) is 32.0 Å². The van der Waals surface area contributed by atoms with Gasteiger partial charge in [-0.3, -0.25) is 4.79 Å². The minimum atomic E-state index is -0.382. The summed E-state index contributed by atoms with van der Waals surface area (Å²) in [6.07, 6.45) is 2.51.